The summed E-state index contributed by atoms with van der Waals surface area (Å²) in [4.78, 5) is 11.3. The standard InChI is InChI=1S/C13H15Cl3O3/c1-2-3-5-19-13(17)4-6-18-12-8-10(15)9(14)7-11(12)16/h7-8H,2-6H2,1H3. The maximum absolute atomic E-state index is 11.3. The molecule has 106 valence electrons. The maximum atomic E-state index is 11.3. The van der Waals surface area contributed by atoms with Crippen LogP contribution in [0.25, 0.3) is 0 Å². The molecule has 0 saturated heterocycles. The molecular formula is C13H15Cl3O3. The fourth-order valence-electron chi connectivity index (χ4n) is 1.26. The summed E-state index contributed by atoms with van der Waals surface area (Å²) in [5.41, 5.74) is 0. The summed E-state index contributed by atoms with van der Waals surface area (Å²) >= 11 is 17.6. The van der Waals surface area contributed by atoms with E-state index in [0.717, 1.165) is 12.8 Å². The number of unbranched alkanes of at least 4 members (excludes halogenated alkanes) is 1. The molecule has 1 aromatic rings. The molecule has 0 bridgehead atoms. The number of carbonyl (C=O) groups excluding carboxylic acids is 1. The Morgan fingerprint density at radius 3 is 2.47 bits per heavy atom. The van der Waals surface area contributed by atoms with E-state index in [1.54, 1.807) is 0 Å². The van der Waals surface area contributed by atoms with Gasteiger partial charge in [-0.15, -0.1) is 0 Å². The van der Waals surface area contributed by atoms with Crippen LogP contribution in [0.4, 0.5) is 0 Å². The number of hydrogen-bond donors (Lipinski definition) is 0. The van der Waals surface area contributed by atoms with E-state index in [9.17, 15) is 4.79 Å². The lowest BCUT2D eigenvalue weighted by atomic mass is 10.3. The summed E-state index contributed by atoms with van der Waals surface area (Å²) in [7, 11) is 0. The molecule has 0 unspecified atom stereocenters. The van der Waals surface area contributed by atoms with Crippen molar-refractivity contribution in [2.75, 3.05) is 13.2 Å². The maximum Gasteiger partial charge on any atom is 0.309 e. The Kier molecular flexibility index (Phi) is 7.36. The molecule has 0 aromatic heterocycles. The molecule has 0 N–H and O–H groups in total. The van der Waals surface area contributed by atoms with Gasteiger partial charge in [0.2, 0.25) is 0 Å². The molecule has 3 nitrogen and oxygen atoms in total. The second-order valence-corrected chi connectivity index (χ2v) is 5.09. The number of rotatable bonds is 7. The van der Waals surface area contributed by atoms with Crippen LogP contribution in [-0.4, -0.2) is 19.2 Å². The Bertz CT molecular complexity index is 435. The van der Waals surface area contributed by atoms with Gasteiger partial charge in [0.15, 0.2) is 0 Å². The van der Waals surface area contributed by atoms with Gasteiger partial charge in [0, 0.05) is 6.07 Å². The van der Waals surface area contributed by atoms with Gasteiger partial charge in [0.25, 0.3) is 0 Å². The summed E-state index contributed by atoms with van der Waals surface area (Å²) < 4.78 is 10.4. The highest BCUT2D eigenvalue weighted by Crippen LogP contribution is 2.33. The molecule has 0 aliphatic rings. The third-order valence-electron chi connectivity index (χ3n) is 2.30. The van der Waals surface area contributed by atoms with Crippen molar-refractivity contribution < 1.29 is 14.3 Å². The number of carbonyl (C=O) groups is 1. The van der Waals surface area contributed by atoms with Crippen molar-refractivity contribution in [2.24, 2.45) is 0 Å². The van der Waals surface area contributed by atoms with E-state index in [2.05, 4.69) is 0 Å². The molecule has 1 rings (SSSR count). The smallest absolute Gasteiger partial charge is 0.309 e. The number of ether oxygens (including phenoxy) is 2. The Hall–Kier alpha value is -0.640. The molecule has 0 atom stereocenters. The first-order valence-electron chi connectivity index (χ1n) is 5.97. The van der Waals surface area contributed by atoms with Crippen LogP contribution in [0.3, 0.4) is 0 Å². The molecule has 0 amide bonds. The SMILES string of the molecule is CCCCOC(=O)CCOc1cc(Cl)c(Cl)cc1Cl. The normalized spacial score (nSPS) is 10.3. The summed E-state index contributed by atoms with van der Waals surface area (Å²) in [5, 5.41) is 1.07. The Labute approximate surface area is 127 Å². The molecule has 0 aliphatic carbocycles. The highest BCUT2D eigenvalue weighted by molar-refractivity contribution is 6.43. The Morgan fingerprint density at radius 2 is 1.79 bits per heavy atom. The van der Waals surface area contributed by atoms with E-state index in [1.165, 1.54) is 12.1 Å². The summed E-state index contributed by atoms with van der Waals surface area (Å²) in [6.45, 7) is 2.66. The lowest BCUT2D eigenvalue weighted by Gasteiger charge is -2.09. The van der Waals surface area contributed by atoms with E-state index < -0.39 is 0 Å². The van der Waals surface area contributed by atoms with Gasteiger partial charge in [-0.2, -0.15) is 0 Å². The molecular weight excluding hydrogens is 310 g/mol. The van der Waals surface area contributed by atoms with E-state index in [-0.39, 0.29) is 19.0 Å². The molecule has 0 saturated carbocycles. The first-order valence-corrected chi connectivity index (χ1v) is 7.11. The van der Waals surface area contributed by atoms with Crippen molar-refractivity contribution in [3.63, 3.8) is 0 Å². The minimum Gasteiger partial charge on any atom is -0.491 e. The average molecular weight is 326 g/mol. The largest absolute Gasteiger partial charge is 0.491 e. The predicted molar refractivity (Wildman–Crippen MR) is 77.5 cm³/mol. The van der Waals surface area contributed by atoms with E-state index >= 15 is 0 Å². The lowest BCUT2D eigenvalue weighted by Crippen LogP contribution is -2.10. The van der Waals surface area contributed by atoms with Crippen molar-refractivity contribution in [3.05, 3.63) is 27.2 Å². The van der Waals surface area contributed by atoms with Gasteiger partial charge in [-0.1, -0.05) is 48.1 Å². The van der Waals surface area contributed by atoms with Gasteiger partial charge in [0.1, 0.15) is 5.75 Å². The summed E-state index contributed by atoms with van der Waals surface area (Å²) in [6.07, 6.45) is 2.02. The van der Waals surface area contributed by atoms with Gasteiger partial charge >= 0.3 is 5.97 Å². The van der Waals surface area contributed by atoms with Crippen LogP contribution in [0.2, 0.25) is 15.1 Å². The minimum absolute atomic E-state index is 0.167. The zero-order valence-corrected chi connectivity index (χ0v) is 12.8. The zero-order chi connectivity index (χ0) is 14.3. The highest BCUT2D eigenvalue weighted by atomic mass is 35.5. The lowest BCUT2D eigenvalue weighted by molar-refractivity contribution is -0.144. The number of halogens is 3. The minimum atomic E-state index is -0.287. The number of hydrogen-bond acceptors (Lipinski definition) is 3. The van der Waals surface area contributed by atoms with Crippen molar-refractivity contribution in [3.8, 4) is 5.75 Å². The van der Waals surface area contributed by atoms with Crippen molar-refractivity contribution in [1.29, 1.82) is 0 Å². The van der Waals surface area contributed by atoms with Crippen LogP contribution in [0, 0.1) is 0 Å². The Balaban J connectivity index is 2.37. The van der Waals surface area contributed by atoms with Crippen LogP contribution in [0.5, 0.6) is 5.75 Å². The first-order chi connectivity index (χ1) is 9.04. The predicted octanol–water partition coefficient (Wildman–Crippen LogP) is 4.76. The molecule has 0 aliphatic heterocycles. The van der Waals surface area contributed by atoms with Crippen LogP contribution in [0.15, 0.2) is 12.1 Å². The van der Waals surface area contributed by atoms with E-state index in [0.29, 0.717) is 27.4 Å². The summed E-state index contributed by atoms with van der Waals surface area (Å²) in [6, 6.07) is 3.02. The van der Waals surface area contributed by atoms with Gasteiger partial charge in [-0.05, 0) is 12.5 Å². The van der Waals surface area contributed by atoms with Crippen molar-refractivity contribution in [2.45, 2.75) is 26.2 Å². The molecule has 6 heteroatoms. The fraction of sp³-hybridized carbons (Fsp3) is 0.462. The second kappa shape index (κ2) is 8.51. The van der Waals surface area contributed by atoms with Crippen LogP contribution in [0.1, 0.15) is 26.2 Å². The van der Waals surface area contributed by atoms with Crippen molar-refractivity contribution >= 4 is 40.8 Å². The second-order valence-electron chi connectivity index (χ2n) is 3.87. The molecule has 0 heterocycles. The molecule has 19 heavy (non-hydrogen) atoms. The van der Waals surface area contributed by atoms with Crippen molar-refractivity contribution in [1.82, 2.24) is 0 Å². The third kappa shape index (κ3) is 5.89. The third-order valence-corrected chi connectivity index (χ3v) is 3.32. The average Bonchev–Trinajstić information content (AvgIpc) is 2.36. The van der Waals surface area contributed by atoms with Gasteiger partial charge in [0.05, 0.1) is 34.7 Å². The quantitative estimate of drug-likeness (QED) is 0.412. The van der Waals surface area contributed by atoms with E-state index in [1.807, 2.05) is 6.92 Å². The van der Waals surface area contributed by atoms with Gasteiger partial charge in [-0.25, -0.2) is 0 Å². The Morgan fingerprint density at radius 1 is 1.11 bits per heavy atom. The molecule has 0 radical (unpaired) electrons. The molecule has 1 aromatic carbocycles. The zero-order valence-electron chi connectivity index (χ0n) is 10.5. The first kappa shape index (κ1) is 16.4. The number of esters is 1. The van der Waals surface area contributed by atoms with Crippen LogP contribution >= 0.6 is 34.8 Å². The summed E-state index contributed by atoms with van der Waals surface area (Å²) in [5.74, 6) is 0.113. The molecule has 0 spiro atoms. The number of benzene rings is 1. The fourth-order valence-corrected chi connectivity index (χ4v) is 1.85. The van der Waals surface area contributed by atoms with Crippen LogP contribution < -0.4 is 4.74 Å². The monoisotopic (exact) mass is 324 g/mol. The van der Waals surface area contributed by atoms with Gasteiger partial charge in [-0.3, -0.25) is 4.79 Å². The molecule has 0 fully saturated rings. The topological polar surface area (TPSA) is 35.5 Å². The van der Waals surface area contributed by atoms with Crippen LogP contribution in [-0.2, 0) is 9.53 Å². The van der Waals surface area contributed by atoms with Gasteiger partial charge < -0.3 is 9.47 Å². The van der Waals surface area contributed by atoms with E-state index in [4.69, 9.17) is 44.3 Å². The highest BCUT2D eigenvalue weighted by Gasteiger charge is 2.08.